The van der Waals surface area contributed by atoms with E-state index < -0.39 is 0 Å². The van der Waals surface area contributed by atoms with E-state index in [0.29, 0.717) is 6.54 Å². The van der Waals surface area contributed by atoms with Crippen LogP contribution in [0.15, 0.2) is 6.07 Å². The van der Waals surface area contributed by atoms with E-state index in [-0.39, 0.29) is 42.8 Å². The van der Waals surface area contributed by atoms with Crippen LogP contribution in [0.4, 0.5) is 0 Å². The smallest absolute Gasteiger partial charge is 0.241 e. The molecular formula is C11H22Cl2N4O. The zero-order chi connectivity index (χ0) is 12.3. The van der Waals surface area contributed by atoms with Gasteiger partial charge in [-0.25, -0.2) is 0 Å². The van der Waals surface area contributed by atoms with E-state index in [1.165, 1.54) is 0 Å². The number of aryl methyl sites for hydroxylation is 2. The van der Waals surface area contributed by atoms with Crippen LogP contribution in [0.2, 0.25) is 0 Å². The van der Waals surface area contributed by atoms with Crippen molar-refractivity contribution in [3.8, 4) is 0 Å². The first-order valence-electron chi connectivity index (χ1n) is 5.34. The largest absolute Gasteiger partial charge is 0.353 e. The van der Waals surface area contributed by atoms with Gasteiger partial charge in [-0.3, -0.25) is 9.48 Å². The highest BCUT2D eigenvalue weighted by Crippen LogP contribution is 2.01. The molecule has 0 fully saturated rings. The molecule has 1 heterocycles. The molecule has 1 aromatic rings. The summed E-state index contributed by atoms with van der Waals surface area (Å²) in [4.78, 5) is 11.6. The number of carbonyl (C=O) groups is 1. The second-order valence-corrected chi connectivity index (χ2v) is 4.85. The van der Waals surface area contributed by atoms with Gasteiger partial charge in [0.2, 0.25) is 5.91 Å². The molecule has 0 saturated carbocycles. The van der Waals surface area contributed by atoms with Gasteiger partial charge >= 0.3 is 0 Å². The van der Waals surface area contributed by atoms with Gasteiger partial charge < -0.3 is 11.1 Å². The molecule has 0 atom stereocenters. The number of nitrogens with zero attached hydrogens (tertiary/aromatic N) is 2. The molecule has 0 unspecified atom stereocenters. The minimum Gasteiger partial charge on any atom is -0.353 e. The van der Waals surface area contributed by atoms with E-state index in [9.17, 15) is 4.79 Å². The van der Waals surface area contributed by atoms with Crippen molar-refractivity contribution in [1.82, 2.24) is 15.1 Å². The number of amides is 1. The minimum absolute atomic E-state index is 0. The Morgan fingerprint density at radius 1 is 1.44 bits per heavy atom. The Hall–Kier alpha value is -0.780. The lowest BCUT2D eigenvalue weighted by Gasteiger charge is -2.18. The maximum Gasteiger partial charge on any atom is 0.241 e. The summed E-state index contributed by atoms with van der Waals surface area (Å²) < 4.78 is 1.69. The van der Waals surface area contributed by atoms with Crippen molar-refractivity contribution in [2.45, 2.75) is 39.8 Å². The van der Waals surface area contributed by atoms with Gasteiger partial charge in [-0.2, -0.15) is 5.10 Å². The zero-order valence-corrected chi connectivity index (χ0v) is 12.8. The third-order valence-electron chi connectivity index (χ3n) is 2.14. The average Bonchev–Trinajstić information content (AvgIpc) is 2.41. The summed E-state index contributed by atoms with van der Waals surface area (Å²) in [7, 11) is 0. The van der Waals surface area contributed by atoms with Gasteiger partial charge in [0.05, 0.1) is 5.69 Å². The molecule has 1 rings (SSSR count). The Morgan fingerprint density at radius 2 is 2.00 bits per heavy atom. The van der Waals surface area contributed by atoms with Gasteiger partial charge in [0, 0.05) is 17.8 Å². The van der Waals surface area contributed by atoms with Crippen LogP contribution >= 0.6 is 24.8 Å². The van der Waals surface area contributed by atoms with Crippen LogP contribution in [0.25, 0.3) is 0 Å². The first-order valence-corrected chi connectivity index (χ1v) is 5.34. The van der Waals surface area contributed by atoms with E-state index in [1.807, 2.05) is 33.8 Å². The van der Waals surface area contributed by atoms with Crippen LogP contribution in [0, 0.1) is 13.8 Å². The summed E-state index contributed by atoms with van der Waals surface area (Å²) >= 11 is 0. The lowest BCUT2D eigenvalue weighted by atomic mass is 10.1. The number of rotatable bonds is 4. The fourth-order valence-corrected chi connectivity index (χ4v) is 1.35. The summed E-state index contributed by atoms with van der Waals surface area (Å²) in [5, 5.41) is 7.00. The number of nitrogens with one attached hydrogen (secondary N) is 1. The number of carbonyl (C=O) groups excluding carboxylic acids is 1. The topological polar surface area (TPSA) is 72.9 Å². The molecule has 0 aliphatic heterocycles. The number of hydrogen-bond acceptors (Lipinski definition) is 3. The minimum atomic E-state index is -0.384. The molecule has 18 heavy (non-hydrogen) atoms. The average molecular weight is 297 g/mol. The van der Waals surface area contributed by atoms with Crippen molar-refractivity contribution >= 4 is 30.7 Å². The number of halogens is 2. The Balaban J connectivity index is 0. The standard InChI is InChI=1S/C11H20N4O.2ClH/c1-8-5-9(2)15(14-8)6-10(16)13-7-11(3,4)12;;/h5H,6-7,12H2,1-4H3,(H,13,16);2*1H. The number of nitrogens with two attached hydrogens (primary N) is 1. The number of aromatic nitrogens is 2. The predicted octanol–water partition coefficient (Wildman–Crippen LogP) is 1.20. The first-order chi connectivity index (χ1) is 7.28. The second kappa shape index (κ2) is 7.61. The van der Waals surface area contributed by atoms with Gasteiger partial charge in [-0.15, -0.1) is 24.8 Å². The van der Waals surface area contributed by atoms with Gasteiger partial charge in [0.1, 0.15) is 6.54 Å². The van der Waals surface area contributed by atoms with Gasteiger partial charge in [0.15, 0.2) is 0 Å². The molecular weight excluding hydrogens is 275 g/mol. The summed E-state index contributed by atoms with van der Waals surface area (Å²) in [5.74, 6) is -0.0651. The van der Waals surface area contributed by atoms with E-state index in [1.54, 1.807) is 4.68 Å². The van der Waals surface area contributed by atoms with Crippen molar-refractivity contribution < 1.29 is 4.79 Å². The van der Waals surface area contributed by atoms with Crippen LogP contribution in [0.1, 0.15) is 25.2 Å². The predicted molar refractivity (Wildman–Crippen MR) is 77.5 cm³/mol. The van der Waals surface area contributed by atoms with Crippen molar-refractivity contribution in [3.05, 3.63) is 17.5 Å². The molecule has 7 heteroatoms. The Kier molecular flexibility index (Phi) is 8.27. The molecule has 0 spiro atoms. The molecule has 5 nitrogen and oxygen atoms in total. The highest BCUT2D eigenvalue weighted by molar-refractivity contribution is 5.85. The Bertz CT molecular complexity index is 385. The Morgan fingerprint density at radius 3 is 2.39 bits per heavy atom. The fraction of sp³-hybridized carbons (Fsp3) is 0.636. The molecule has 1 amide bonds. The van der Waals surface area contributed by atoms with Crippen LogP contribution < -0.4 is 11.1 Å². The van der Waals surface area contributed by atoms with Gasteiger partial charge in [0.25, 0.3) is 0 Å². The molecule has 106 valence electrons. The molecule has 0 radical (unpaired) electrons. The van der Waals surface area contributed by atoms with Crippen LogP contribution in [-0.4, -0.2) is 27.8 Å². The highest BCUT2D eigenvalue weighted by atomic mass is 35.5. The first kappa shape index (κ1) is 19.6. The number of hydrogen-bond donors (Lipinski definition) is 2. The van der Waals surface area contributed by atoms with E-state index in [4.69, 9.17) is 5.73 Å². The van der Waals surface area contributed by atoms with Gasteiger partial charge in [-0.05, 0) is 33.8 Å². The lowest BCUT2D eigenvalue weighted by Crippen LogP contribution is -2.45. The van der Waals surface area contributed by atoms with Crippen LogP contribution in [0.3, 0.4) is 0 Å². The zero-order valence-electron chi connectivity index (χ0n) is 11.2. The second-order valence-electron chi connectivity index (χ2n) is 4.85. The Labute approximate surface area is 120 Å². The SMILES string of the molecule is Cc1cc(C)n(CC(=O)NCC(C)(C)N)n1.Cl.Cl. The van der Waals surface area contributed by atoms with Crippen LogP contribution in [0.5, 0.6) is 0 Å². The third-order valence-corrected chi connectivity index (χ3v) is 2.14. The quantitative estimate of drug-likeness (QED) is 0.877. The van der Waals surface area contributed by atoms with Crippen molar-refractivity contribution in [1.29, 1.82) is 0 Å². The molecule has 0 saturated heterocycles. The maximum atomic E-state index is 11.6. The van der Waals surface area contributed by atoms with Crippen molar-refractivity contribution in [2.75, 3.05) is 6.54 Å². The van der Waals surface area contributed by atoms with Crippen LogP contribution in [-0.2, 0) is 11.3 Å². The molecule has 0 aliphatic carbocycles. The molecule has 1 aromatic heterocycles. The molecule has 0 aromatic carbocycles. The van der Waals surface area contributed by atoms with E-state index in [0.717, 1.165) is 11.4 Å². The van der Waals surface area contributed by atoms with E-state index >= 15 is 0 Å². The summed E-state index contributed by atoms with van der Waals surface area (Å²) in [6.07, 6.45) is 0. The van der Waals surface area contributed by atoms with E-state index in [2.05, 4.69) is 10.4 Å². The third kappa shape index (κ3) is 6.83. The van der Waals surface area contributed by atoms with Crippen molar-refractivity contribution in [2.24, 2.45) is 5.73 Å². The molecule has 0 aliphatic rings. The summed E-state index contributed by atoms with van der Waals surface area (Å²) in [5.41, 5.74) is 7.30. The maximum absolute atomic E-state index is 11.6. The normalized spacial score (nSPS) is 10.3. The molecule has 3 N–H and O–H groups in total. The summed E-state index contributed by atoms with van der Waals surface area (Å²) in [6, 6.07) is 1.94. The monoisotopic (exact) mass is 296 g/mol. The lowest BCUT2D eigenvalue weighted by molar-refractivity contribution is -0.122. The summed E-state index contributed by atoms with van der Waals surface area (Å²) in [6.45, 7) is 8.29. The fourth-order valence-electron chi connectivity index (χ4n) is 1.35. The molecule has 0 bridgehead atoms. The van der Waals surface area contributed by atoms with Gasteiger partial charge in [-0.1, -0.05) is 0 Å². The van der Waals surface area contributed by atoms with Crippen molar-refractivity contribution in [3.63, 3.8) is 0 Å². The highest BCUT2D eigenvalue weighted by Gasteiger charge is 2.13.